The molecule has 1 aliphatic rings. The van der Waals surface area contributed by atoms with Crippen molar-refractivity contribution in [2.45, 2.75) is 20.4 Å². The molecule has 0 saturated carbocycles. The van der Waals surface area contributed by atoms with Crippen molar-refractivity contribution in [1.29, 1.82) is 0 Å². The topological polar surface area (TPSA) is 49.6 Å². The molecule has 0 unspecified atom stereocenters. The molecule has 5 heteroatoms. The number of rotatable bonds is 4. The number of benzene rings is 2. The highest BCUT2D eigenvalue weighted by molar-refractivity contribution is 6.00. The molecule has 2 heterocycles. The van der Waals surface area contributed by atoms with Crippen molar-refractivity contribution in [2.24, 2.45) is 0 Å². The van der Waals surface area contributed by atoms with Crippen LogP contribution in [0, 0.1) is 13.8 Å². The number of amides is 1. The first-order valence-corrected chi connectivity index (χ1v) is 9.71. The van der Waals surface area contributed by atoms with E-state index in [0.717, 1.165) is 25.2 Å². The molecule has 1 fully saturated rings. The monoisotopic (exact) mass is 375 g/mol. The largest absolute Gasteiger partial charge is 0.360 e. The number of aromatic nitrogens is 1. The summed E-state index contributed by atoms with van der Waals surface area (Å²) in [6.45, 7) is 8.04. The minimum absolute atomic E-state index is 0.00754. The Balaban J connectivity index is 1.45. The van der Waals surface area contributed by atoms with Gasteiger partial charge in [-0.25, -0.2) is 0 Å². The van der Waals surface area contributed by atoms with Crippen molar-refractivity contribution >= 4 is 5.91 Å². The molecule has 0 aliphatic carbocycles. The molecule has 3 aromatic rings. The number of aryl methyl sites for hydroxylation is 2. The van der Waals surface area contributed by atoms with E-state index in [1.807, 2.05) is 35.2 Å². The molecule has 1 saturated heterocycles. The smallest absolute Gasteiger partial charge is 0.259 e. The number of piperazine rings is 1. The first kappa shape index (κ1) is 18.4. The van der Waals surface area contributed by atoms with Gasteiger partial charge in [-0.15, -0.1) is 0 Å². The first-order valence-electron chi connectivity index (χ1n) is 9.71. The molecule has 0 bridgehead atoms. The van der Waals surface area contributed by atoms with Gasteiger partial charge in [-0.3, -0.25) is 9.69 Å². The van der Waals surface area contributed by atoms with Crippen LogP contribution in [-0.4, -0.2) is 47.0 Å². The lowest BCUT2D eigenvalue weighted by molar-refractivity contribution is 0.0627. The Morgan fingerprint density at radius 3 is 2.36 bits per heavy atom. The summed E-state index contributed by atoms with van der Waals surface area (Å²) in [7, 11) is 0. The van der Waals surface area contributed by atoms with Gasteiger partial charge in [-0.2, -0.15) is 0 Å². The molecule has 1 aliphatic heterocycles. The van der Waals surface area contributed by atoms with E-state index in [4.69, 9.17) is 4.52 Å². The number of nitrogens with zero attached hydrogens (tertiary/aromatic N) is 3. The SMILES string of the molecule is Cc1ccccc1CN1CCN(C(=O)c2c(-c3ccccc3)noc2C)CC1. The van der Waals surface area contributed by atoms with E-state index in [1.54, 1.807) is 6.92 Å². The van der Waals surface area contributed by atoms with Crippen molar-refractivity contribution in [3.8, 4) is 11.3 Å². The molecule has 1 aromatic heterocycles. The maximum atomic E-state index is 13.2. The Bertz CT molecular complexity index is 957. The molecule has 1 amide bonds. The number of carbonyl (C=O) groups excluding carboxylic acids is 1. The average Bonchev–Trinajstić information content (AvgIpc) is 3.12. The highest BCUT2D eigenvalue weighted by atomic mass is 16.5. The Labute approximate surface area is 165 Å². The molecule has 2 aromatic carbocycles. The average molecular weight is 375 g/mol. The lowest BCUT2D eigenvalue weighted by Crippen LogP contribution is -2.48. The molecule has 5 nitrogen and oxygen atoms in total. The zero-order valence-corrected chi connectivity index (χ0v) is 16.4. The first-order chi connectivity index (χ1) is 13.6. The van der Waals surface area contributed by atoms with Crippen molar-refractivity contribution in [3.05, 3.63) is 77.0 Å². The van der Waals surface area contributed by atoms with Gasteiger partial charge in [-0.05, 0) is 25.0 Å². The fourth-order valence-electron chi connectivity index (χ4n) is 3.71. The Morgan fingerprint density at radius 1 is 0.964 bits per heavy atom. The minimum Gasteiger partial charge on any atom is -0.360 e. The normalized spacial score (nSPS) is 15.0. The summed E-state index contributed by atoms with van der Waals surface area (Å²) in [5.41, 5.74) is 4.78. The lowest BCUT2D eigenvalue weighted by atomic mass is 10.0. The predicted molar refractivity (Wildman–Crippen MR) is 109 cm³/mol. The maximum absolute atomic E-state index is 13.2. The molecular formula is C23H25N3O2. The van der Waals surface area contributed by atoms with Crippen molar-refractivity contribution in [2.75, 3.05) is 26.2 Å². The van der Waals surface area contributed by atoms with E-state index < -0.39 is 0 Å². The predicted octanol–water partition coefficient (Wildman–Crippen LogP) is 3.92. The Kier molecular flexibility index (Phi) is 5.26. The van der Waals surface area contributed by atoms with Gasteiger partial charge in [0.2, 0.25) is 0 Å². The highest BCUT2D eigenvalue weighted by Gasteiger charge is 2.28. The minimum atomic E-state index is 0.00754. The Morgan fingerprint density at radius 2 is 1.64 bits per heavy atom. The second-order valence-electron chi connectivity index (χ2n) is 7.32. The van der Waals surface area contributed by atoms with Gasteiger partial charge in [0, 0.05) is 38.3 Å². The summed E-state index contributed by atoms with van der Waals surface area (Å²) < 4.78 is 5.37. The van der Waals surface area contributed by atoms with E-state index in [0.29, 0.717) is 30.1 Å². The third kappa shape index (κ3) is 3.71. The second-order valence-corrected chi connectivity index (χ2v) is 7.32. The number of carbonyl (C=O) groups is 1. The summed E-state index contributed by atoms with van der Waals surface area (Å²) in [6, 6.07) is 18.2. The van der Waals surface area contributed by atoms with E-state index in [2.05, 4.69) is 41.2 Å². The van der Waals surface area contributed by atoms with Crippen LogP contribution in [0.3, 0.4) is 0 Å². The van der Waals surface area contributed by atoms with Crippen LogP contribution in [0.4, 0.5) is 0 Å². The van der Waals surface area contributed by atoms with Crippen LogP contribution in [0.25, 0.3) is 11.3 Å². The molecule has 28 heavy (non-hydrogen) atoms. The fraction of sp³-hybridized carbons (Fsp3) is 0.304. The van der Waals surface area contributed by atoms with Crippen molar-refractivity contribution in [1.82, 2.24) is 15.0 Å². The maximum Gasteiger partial charge on any atom is 0.259 e. The van der Waals surface area contributed by atoms with Gasteiger partial charge >= 0.3 is 0 Å². The number of hydrogen-bond donors (Lipinski definition) is 0. The van der Waals surface area contributed by atoms with E-state index in [9.17, 15) is 4.79 Å². The van der Waals surface area contributed by atoms with Crippen LogP contribution in [0.5, 0.6) is 0 Å². The molecule has 0 spiro atoms. The van der Waals surface area contributed by atoms with Crippen LogP contribution in [0.1, 0.15) is 27.2 Å². The van der Waals surface area contributed by atoms with Crippen LogP contribution >= 0.6 is 0 Å². The van der Waals surface area contributed by atoms with Gasteiger partial charge in [0.25, 0.3) is 5.91 Å². The van der Waals surface area contributed by atoms with Crippen LogP contribution in [0.15, 0.2) is 59.1 Å². The van der Waals surface area contributed by atoms with Gasteiger partial charge < -0.3 is 9.42 Å². The van der Waals surface area contributed by atoms with E-state index in [1.165, 1.54) is 11.1 Å². The summed E-state index contributed by atoms with van der Waals surface area (Å²) in [4.78, 5) is 17.5. The zero-order chi connectivity index (χ0) is 19.5. The van der Waals surface area contributed by atoms with Gasteiger partial charge in [0.1, 0.15) is 17.0 Å². The van der Waals surface area contributed by atoms with E-state index >= 15 is 0 Å². The third-order valence-corrected chi connectivity index (χ3v) is 5.44. The number of hydrogen-bond acceptors (Lipinski definition) is 4. The molecule has 0 radical (unpaired) electrons. The van der Waals surface area contributed by atoms with Crippen LogP contribution in [0.2, 0.25) is 0 Å². The van der Waals surface area contributed by atoms with Crippen LogP contribution < -0.4 is 0 Å². The Hall–Kier alpha value is -2.92. The third-order valence-electron chi connectivity index (χ3n) is 5.44. The van der Waals surface area contributed by atoms with Gasteiger partial charge in [-0.1, -0.05) is 59.8 Å². The zero-order valence-electron chi connectivity index (χ0n) is 16.4. The summed E-state index contributed by atoms with van der Waals surface area (Å²) in [5.74, 6) is 0.583. The summed E-state index contributed by atoms with van der Waals surface area (Å²) in [5, 5.41) is 4.15. The van der Waals surface area contributed by atoms with Gasteiger partial charge in [0.15, 0.2) is 0 Å². The van der Waals surface area contributed by atoms with Crippen molar-refractivity contribution in [3.63, 3.8) is 0 Å². The molecule has 0 atom stereocenters. The van der Waals surface area contributed by atoms with E-state index in [-0.39, 0.29) is 5.91 Å². The van der Waals surface area contributed by atoms with Crippen molar-refractivity contribution < 1.29 is 9.32 Å². The quantitative estimate of drug-likeness (QED) is 0.694. The fourth-order valence-corrected chi connectivity index (χ4v) is 3.71. The molecule has 144 valence electrons. The van der Waals surface area contributed by atoms with Gasteiger partial charge in [0.05, 0.1) is 0 Å². The molecular weight excluding hydrogens is 350 g/mol. The molecule has 4 rings (SSSR count). The van der Waals surface area contributed by atoms with Crippen LogP contribution in [-0.2, 0) is 6.54 Å². The molecule has 0 N–H and O–H groups in total. The summed E-state index contributed by atoms with van der Waals surface area (Å²) >= 11 is 0. The standard InChI is InChI=1S/C23H25N3O2/c1-17-8-6-7-11-20(17)16-25-12-14-26(15-13-25)23(27)21-18(2)28-24-22(21)19-9-4-3-5-10-19/h3-11H,12-16H2,1-2H3. The second kappa shape index (κ2) is 7.98. The highest BCUT2D eigenvalue weighted by Crippen LogP contribution is 2.26. The summed E-state index contributed by atoms with van der Waals surface area (Å²) in [6.07, 6.45) is 0. The lowest BCUT2D eigenvalue weighted by Gasteiger charge is -2.35.